The van der Waals surface area contributed by atoms with E-state index in [1.54, 1.807) is 13.8 Å². The van der Waals surface area contributed by atoms with Crippen molar-refractivity contribution in [1.82, 2.24) is 0 Å². The lowest BCUT2D eigenvalue weighted by molar-refractivity contribution is -0.119. The van der Waals surface area contributed by atoms with E-state index in [4.69, 9.17) is 5.53 Å². The fourth-order valence-corrected chi connectivity index (χ4v) is 1.90. The van der Waals surface area contributed by atoms with E-state index in [1.165, 1.54) is 0 Å². The minimum Gasteiger partial charge on any atom is -0.373 e. The molecule has 0 spiro atoms. The number of ketones is 1. The van der Waals surface area contributed by atoms with Crippen LogP contribution in [-0.4, -0.2) is 22.3 Å². The predicted octanol–water partition coefficient (Wildman–Crippen LogP) is 2.90. The molecule has 19 heavy (non-hydrogen) atoms. The summed E-state index contributed by atoms with van der Waals surface area (Å²) in [5.74, 6) is -0.289. The van der Waals surface area contributed by atoms with Crippen LogP contribution in [0.25, 0.3) is 16.3 Å². The van der Waals surface area contributed by atoms with Gasteiger partial charge in [-0.2, -0.15) is 4.79 Å². The topological polar surface area (TPSA) is 65.5 Å². The van der Waals surface area contributed by atoms with Crippen LogP contribution in [0.15, 0.2) is 42.5 Å². The Balaban J connectivity index is 2.30. The summed E-state index contributed by atoms with van der Waals surface area (Å²) in [5, 5.41) is 5.39. The highest BCUT2D eigenvalue weighted by molar-refractivity contribution is 6.30. The summed E-state index contributed by atoms with van der Waals surface area (Å²) in [7, 11) is 0. The van der Waals surface area contributed by atoms with Crippen molar-refractivity contribution >= 4 is 28.5 Å². The molecule has 0 aliphatic heterocycles. The third-order valence-corrected chi connectivity index (χ3v) is 3.00. The molecule has 0 aliphatic rings. The Labute approximate surface area is 111 Å². The van der Waals surface area contributed by atoms with Crippen LogP contribution in [0.4, 0.5) is 5.69 Å². The number of carbonyl (C=O) groups is 1. The van der Waals surface area contributed by atoms with Gasteiger partial charge in [0.05, 0.1) is 0 Å². The first kappa shape index (κ1) is 13.0. The van der Waals surface area contributed by atoms with Gasteiger partial charge in [-0.3, -0.25) is 4.79 Å². The van der Waals surface area contributed by atoms with E-state index in [0.717, 1.165) is 22.7 Å². The van der Waals surface area contributed by atoms with Crippen molar-refractivity contribution in [1.29, 1.82) is 0 Å². The highest BCUT2D eigenvalue weighted by atomic mass is 16.1. The van der Waals surface area contributed by atoms with Gasteiger partial charge in [0.1, 0.15) is 5.54 Å². The Bertz CT molecular complexity index is 670. The average Bonchev–Trinajstić information content (AvgIpc) is 2.38. The summed E-state index contributed by atoms with van der Waals surface area (Å²) < 4.78 is 0. The quantitative estimate of drug-likeness (QED) is 0.517. The lowest BCUT2D eigenvalue weighted by Gasteiger charge is -2.22. The summed E-state index contributed by atoms with van der Waals surface area (Å²) in [5.41, 5.74) is 8.45. The van der Waals surface area contributed by atoms with E-state index < -0.39 is 5.54 Å². The largest absolute Gasteiger partial charge is 0.373 e. The molecule has 0 atom stereocenters. The fourth-order valence-electron chi connectivity index (χ4n) is 1.90. The molecule has 2 rings (SSSR count). The lowest BCUT2D eigenvalue weighted by Crippen LogP contribution is -2.41. The maximum absolute atomic E-state index is 11.8. The van der Waals surface area contributed by atoms with Crippen molar-refractivity contribution in [3.05, 3.63) is 48.0 Å². The molecule has 0 aliphatic carbocycles. The molecule has 2 aromatic carbocycles. The first-order chi connectivity index (χ1) is 9.03. The molecule has 0 fully saturated rings. The van der Waals surface area contributed by atoms with Crippen molar-refractivity contribution in [3.63, 3.8) is 0 Å². The molecule has 96 valence electrons. The molecule has 0 radical (unpaired) electrons. The van der Waals surface area contributed by atoms with Crippen LogP contribution < -0.4 is 5.32 Å². The molecule has 0 bridgehead atoms. The van der Waals surface area contributed by atoms with Gasteiger partial charge in [0.25, 0.3) is 5.78 Å². The van der Waals surface area contributed by atoms with Gasteiger partial charge in [-0.05, 0) is 36.8 Å². The third kappa shape index (κ3) is 2.87. The Morgan fingerprint density at radius 3 is 2.58 bits per heavy atom. The minimum atomic E-state index is -0.825. The van der Waals surface area contributed by atoms with Crippen LogP contribution >= 0.6 is 0 Å². The van der Waals surface area contributed by atoms with E-state index in [1.807, 2.05) is 42.5 Å². The van der Waals surface area contributed by atoms with Gasteiger partial charge in [0.15, 0.2) is 0 Å². The number of hydrogen-bond donors (Lipinski definition) is 1. The van der Waals surface area contributed by atoms with E-state index in [0.29, 0.717) is 0 Å². The Hall–Kier alpha value is -2.45. The molecule has 4 heteroatoms. The predicted molar refractivity (Wildman–Crippen MR) is 76.3 cm³/mol. The second-order valence-electron chi connectivity index (χ2n) is 4.92. The first-order valence-corrected chi connectivity index (χ1v) is 6.02. The van der Waals surface area contributed by atoms with Crippen LogP contribution in [-0.2, 0) is 4.79 Å². The number of nitrogens with zero attached hydrogens (tertiary/aromatic N) is 2. The van der Waals surface area contributed by atoms with Gasteiger partial charge in [-0.1, -0.05) is 30.3 Å². The monoisotopic (exact) mass is 253 g/mol. The Morgan fingerprint density at radius 2 is 1.89 bits per heavy atom. The van der Waals surface area contributed by atoms with E-state index in [9.17, 15) is 4.79 Å². The smallest absolute Gasteiger partial charge is 0.325 e. The number of Topliss-reactive ketones (excluding diaryl/α,β-unsaturated/α-hetero) is 1. The summed E-state index contributed by atoms with van der Waals surface area (Å²) in [6.45, 7) is 3.48. The molecule has 2 aromatic rings. The number of anilines is 1. The van der Waals surface area contributed by atoms with Gasteiger partial charge in [-0.15, -0.1) is 0 Å². The fraction of sp³-hybridized carbons (Fsp3) is 0.200. The molecule has 0 aromatic heterocycles. The normalized spacial score (nSPS) is 10.8. The van der Waals surface area contributed by atoms with Gasteiger partial charge in [0.2, 0.25) is 0 Å². The SMILES string of the molecule is CC(C)(Nc1ccc2ccccc2c1)C(=O)C=[N+]=[N-]. The number of rotatable bonds is 4. The first-order valence-electron chi connectivity index (χ1n) is 6.02. The molecule has 0 unspecified atom stereocenters. The van der Waals surface area contributed by atoms with Gasteiger partial charge < -0.3 is 10.8 Å². The lowest BCUT2D eigenvalue weighted by atomic mass is 9.99. The minimum absolute atomic E-state index is 0.289. The zero-order chi connectivity index (χ0) is 13.9. The summed E-state index contributed by atoms with van der Waals surface area (Å²) in [6.07, 6.45) is 0.911. The average molecular weight is 253 g/mol. The standard InChI is InChI=1S/C15H15N3O/c1-15(2,14(19)10-17-16)18-13-8-7-11-5-3-4-6-12(11)9-13/h3-10,18H,1-2H3. The van der Waals surface area contributed by atoms with Crippen LogP contribution in [0.1, 0.15) is 13.8 Å². The molecule has 4 nitrogen and oxygen atoms in total. The zero-order valence-electron chi connectivity index (χ0n) is 10.9. The van der Waals surface area contributed by atoms with Crippen LogP contribution in [0, 0.1) is 0 Å². The molecule has 0 amide bonds. The second kappa shape index (κ2) is 5.04. The van der Waals surface area contributed by atoms with Crippen LogP contribution in [0.3, 0.4) is 0 Å². The number of carbonyl (C=O) groups excluding carboxylic acids is 1. The molecule has 1 N–H and O–H groups in total. The summed E-state index contributed by atoms with van der Waals surface area (Å²) >= 11 is 0. The van der Waals surface area contributed by atoms with Crippen molar-refractivity contribution in [2.24, 2.45) is 0 Å². The molecule has 0 heterocycles. The number of nitrogens with one attached hydrogen (secondary N) is 1. The van der Waals surface area contributed by atoms with Gasteiger partial charge in [-0.25, -0.2) is 0 Å². The molecule has 0 saturated carbocycles. The van der Waals surface area contributed by atoms with E-state index in [2.05, 4.69) is 10.1 Å². The van der Waals surface area contributed by atoms with Crippen molar-refractivity contribution in [2.75, 3.05) is 5.32 Å². The highest BCUT2D eigenvalue weighted by Gasteiger charge is 2.28. The maximum atomic E-state index is 11.8. The van der Waals surface area contributed by atoms with Gasteiger partial charge in [0, 0.05) is 5.69 Å². The van der Waals surface area contributed by atoms with Crippen molar-refractivity contribution < 1.29 is 9.58 Å². The molecular weight excluding hydrogens is 238 g/mol. The highest BCUT2D eigenvalue weighted by Crippen LogP contribution is 2.21. The Morgan fingerprint density at radius 1 is 1.21 bits per heavy atom. The number of hydrogen-bond acceptors (Lipinski definition) is 2. The summed E-state index contributed by atoms with van der Waals surface area (Å²) in [6, 6.07) is 13.9. The van der Waals surface area contributed by atoms with Crippen molar-refractivity contribution in [2.45, 2.75) is 19.4 Å². The number of fused-ring (bicyclic) bond motifs is 1. The molecule has 0 saturated heterocycles. The zero-order valence-corrected chi connectivity index (χ0v) is 10.9. The van der Waals surface area contributed by atoms with Crippen LogP contribution in [0.5, 0.6) is 0 Å². The second-order valence-corrected chi connectivity index (χ2v) is 4.92. The summed E-state index contributed by atoms with van der Waals surface area (Å²) in [4.78, 5) is 14.5. The third-order valence-electron chi connectivity index (χ3n) is 3.00. The number of benzene rings is 2. The van der Waals surface area contributed by atoms with E-state index >= 15 is 0 Å². The van der Waals surface area contributed by atoms with Crippen molar-refractivity contribution in [3.8, 4) is 0 Å². The maximum Gasteiger partial charge on any atom is 0.325 e. The molecular formula is C15H15N3O. The Kier molecular flexibility index (Phi) is 3.45. The van der Waals surface area contributed by atoms with Gasteiger partial charge >= 0.3 is 6.21 Å². The van der Waals surface area contributed by atoms with E-state index in [-0.39, 0.29) is 5.78 Å². The van der Waals surface area contributed by atoms with Crippen LogP contribution in [0.2, 0.25) is 0 Å².